The Hall–Kier alpha value is -2.77. The molecule has 0 atom stereocenters. The second kappa shape index (κ2) is 7.85. The summed E-state index contributed by atoms with van der Waals surface area (Å²) in [5, 5.41) is 0. The summed E-state index contributed by atoms with van der Waals surface area (Å²) < 4.78 is 16.1. The summed E-state index contributed by atoms with van der Waals surface area (Å²) in [7, 11) is 4.64. The molecule has 2 fully saturated rings. The quantitative estimate of drug-likeness (QED) is 0.660. The first-order valence-corrected chi connectivity index (χ1v) is 8.90. The fraction of sp³-hybridized carbons (Fsp3) is 0.526. The number of methoxy groups -OCH3 is 3. The van der Waals surface area contributed by atoms with E-state index in [4.69, 9.17) is 14.2 Å². The van der Waals surface area contributed by atoms with Crippen LogP contribution < -0.4 is 14.2 Å². The molecule has 2 aliphatic heterocycles. The van der Waals surface area contributed by atoms with Crippen molar-refractivity contribution in [1.29, 1.82) is 0 Å². The molecule has 8 heteroatoms. The van der Waals surface area contributed by atoms with Gasteiger partial charge in [0.05, 0.1) is 27.4 Å². The highest BCUT2D eigenvalue weighted by Crippen LogP contribution is 2.40. The van der Waals surface area contributed by atoms with E-state index in [-0.39, 0.29) is 36.6 Å². The number of aryl methyl sites for hydroxylation is 1. The van der Waals surface area contributed by atoms with E-state index in [9.17, 15) is 14.4 Å². The molecule has 0 unspecified atom stereocenters. The van der Waals surface area contributed by atoms with Gasteiger partial charge in [0.1, 0.15) is 0 Å². The minimum Gasteiger partial charge on any atom is -0.493 e. The molecular formula is C19H24N2O6. The Balaban J connectivity index is 1.58. The van der Waals surface area contributed by atoms with Gasteiger partial charge in [-0.25, -0.2) is 0 Å². The molecule has 2 saturated heterocycles. The molecule has 146 valence electrons. The van der Waals surface area contributed by atoms with Crippen LogP contribution in [0.5, 0.6) is 17.2 Å². The maximum Gasteiger partial charge on any atom is 0.230 e. The first-order valence-electron chi connectivity index (χ1n) is 8.90. The molecule has 1 aromatic rings. The zero-order valence-electron chi connectivity index (χ0n) is 15.8. The van der Waals surface area contributed by atoms with E-state index in [1.807, 2.05) is 6.07 Å². The van der Waals surface area contributed by atoms with Crippen molar-refractivity contribution in [2.45, 2.75) is 31.7 Å². The van der Waals surface area contributed by atoms with Crippen LogP contribution in [0.25, 0.3) is 0 Å². The molecule has 0 N–H and O–H groups in total. The van der Waals surface area contributed by atoms with Gasteiger partial charge in [0, 0.05) is 32.4 Å². The topological polar surface area (TPSA) is 85.4 Å². The normalized spacial score (nSPS) is 17.1. The Bertz CT molecular complexity index is 741. The van der Waals surface area contributed by atoms with Gasteiger partial charge in [-0.05, 0) is 18.1 Å². The number of amides is 3. The summed E-state index contributed by atoms with van der Waals surface area (Å²) in [5.41, 5.74) is 0.852. The molecule has 0 bridgehead atoms. The number of carbonyl (C=O) groups is 3. The highest BCUT2D eigenvalue weighted by Gasteiger charge is 2.42. The van der Waals surface area contributed by atoms with Gasteiger partial charge < -0.3 is 19.1 Å². The molecule has 1 aromatic carbocycles. The Morgan fingerprint density at radius 1 is 1.00 bits per heavy atom. The Morgan fingerprint density at radius 2 is 1.63 bits per heavy atom. The molecule has 2 heterocycles. The predicted molar refractivity (Wildman–Crippen MR) is 95.9 cm³/mol. The van der Waals surface area contributed by atoms with Crippen molar-refractivity contribution in [3.63, 3.8) is 0 Å². The maximum absolute atomic E-state index is 12.4. The SMILES string of the molecule is COc1ccc(CCC(=O)N2CC(N3C(=O)CCC3=O)C2)c(OC)c1OC. The summed E-state index contributed by atoms with van der Waals surface area (Å²) in [6.07, 6.45) is 1.36. The fourth-order valence-corrected chi connectivity index (χ4v) is 3.58. The van der Waals surface area contributed by atoms with Crippen molar-refractivity contribution in [1.82, 2.24) is 9.80 Å². The van der Waals surface area contributed by atoms with Crippen molar-refractivity contribution in [3.05, 3.63) is 17.7 Å². The van der Waals surface area contributed by atoms with E-state index in [1.165, 1.54) is 12.0 Å². The third-order valence-corrected chi connectivity index (χ3v) is 5.06. The predicted octanol–water partition coefficient (Wildman–Crippen LogP) is 1.00. The van der Waals surface area contributed by atoms with E-state index < -0.39 is 0 Å². The number of imide groups is 1. The standard InChI is InChI=1S/C19H24N2O6/c1-25-14-6-4-12(18(26-2)19(14)27-3)5-7-15(22)20-10-13(11-20)21-16(23)8-9-17(21)24/h4,6,13H,5,7-11H2,1-3H3. The molecule has 2 aliphatic rings. The van der Waals surface area contributed by atoms with Gasteiger partial charge in [-0.15, -0.1) is 0 Å². The third kappa shape index (κ3) is 3.56. The minimum absolute atomic E-state index is 0.0119. The molecular weight excluding hydrogens is 352 g/mol. The van der Waals surface area contributed by atoms with Crippen LogP contribution in [0, 0.1) is 0 Å². The zero-order valence-corrected chi connectivity index (χ0v) is 15.8. The highest BCUT2D eigenvalue weighted by atomic mass is 16.5. The van der Waals surface area contributed by atoms with Crippen molar-refractivity contribution >= 4 is 17.7 Å². The molecule has 0 saturated carbocycles. The van der Waals surface area contributed by atoms with Crippen LogP contribution in [0.2, 0.25) is 0 Å². The lowest BCUT2D eigenvalue weighted by Gasteiger charge is -2.43. The summed E-state index contributed by atoms with van der Waals surface area (Å²) in [6, 6.07) is 3.46. The zero-order chi connectivity index (χ0) is 19.6. The first kappa shape index (κ1) is 19.0. The Morgan fingerprint density at radius 3 is 2.19 bits per heavy atom. The average Bonchev–Trinajstić information content (AvgIpc) is 2.96. The number of hydrogen-bond donors (Lipinski definition) is 0. The molecule has 0 radical (unpaired) electrons. The number of ether oxygens (including phenoxy) is 3. The van der Waals surface area contributed by atoms with Gasteiger partial charge >= 0.3 is 0 Å². The number of nitrogens with zero attached hydrogens (tertiary/aromatic N) is 2. The third-order valence-electron chi connectivity index (χ3n) is 5.06. The smallest absolute Gasteiger partial charge is 0.230 e. The summed E-state index contributed by atoms with van der Waals surface area (Å²) in [5.74, 6) is 1.34. The second-order valence-corrected chi connectivity index (χ2v) is 6.60. The molecule has 3 amide bonds. The van der Waals surface area contributed by atoms with Crippen LogP contribution in [0.4, 0.5) is 0 Å². The Labute approximate surface area is 158 Å². The first-order chi connectivity index (χ1) is 13.0. The summed E-state index contributed by atoms with van der Waals surface area (Å²) in [6.45, 7) is 0.832. The minimum atomic E-state index is -0.174. The monoisotopic (exact) mass is 376 g/mol. The van der Waals surface area contributed by atoms with Crippen LogP contribution >= 0.6 is 0 Å². The van der Waals surface area contributed by atoms with E-state index in [1.54, 1.807) is 25.2 Å². The summed E-state index contributed by atoms with van der Waals surface area (Å²) in [4.78, 5) is 38.9. The van der Waals surface area contributed by atoms with Crippen molar-refractivity contribution < 1.29 is 28.6 Å². The van der Waals surface area contributed by atoms with Crippen molar-refractivity contribution in [2.75, 3.05) is 34.4 Å². The lowest BCUT2D eigenvalue weighted by atomic mass is 10.0. The number of hydrogen-bond acceptors (Lipinski definition) is 6. The number of benzene rings is 1. The molecule has 8 nitrogen and oxygen atoms in total. The van der Waals surface area contributed by atoms with Gasteiger partial charge in [0.2, 0.25) is 23.5 Å². The van der Waals surface area contributed by atoms with Gasteiger partial charge in [-0.2, -0.15) is 0 Å². The van der Waals surface area contributed by atoms with Crippen LogP contribution in [0.15, 0.2) is 12.1 Å². The lowest BCUT2D eigenvalue weighted by Crippen LogP contribution is -2.62. The van der Waals surface area contributed by atoms with Crippen LogP contribution in [-0.4, -0.2) is 68.0 Å². The highest BCUT2D eigenvalue weighted by molar-refractivity contribution is 6.02. The van der Waals surface area contributed by atoms with Gasteiger partial charge in [0.25, 0.3) is 0 Å². The molecule has 0 spiro atoms. The molecule has 0 aromatic heterocycles. The van der Waals surface area contributed by atoms with Gasteiger partial charge in [0.15, 0.2) is 11.5 Å². The van der Waals surface area contributed by atoms with E-state index in [0.29, 0.717) is 43.2 Å². The number of rotatable bonds is 7. The number of likely N-dealkylation sites (tertiary alicyclic amines) is 2. The van der Waals surface area contributed by atoms with Gasteiger partial charge in [-0.3, -0.25) is 19.3 Å². The maximum atomic E-state index is 12.4. The van der Waals surface area contributed by atoms with Gasteiger partial charge in [-0.1, -0.05) is 6.07 Å². The van der Waals surface area contributed by atoms with E-state index in [2.05, 4.69) is 0 Å². The summed E-state index contributed by atoms with van der Waals surface area (Å²) >= 11 is 0. The van der Waals surface area contributed by atoms with Crippen molar-refractivity contribution in [2.24, 2.45) is 0 Å². The fourth-order valence-electron chi connectivity index (χ4n) is 3.58. The van der Waals surface area contributed by atoms with Crippen molar-refractivity contribution in [3.8, 4) is 17.2 Å². The van der Waals surface area contributed by atoms with E-state index in [0.717, 1.165) is 5.56 Å². The average molecular weight is 376 g/mol. The molecule has 3 rings (SSSR count). The van der Waals surface area contributed by atoms with E-state index >= 15 is 0 Å². The molecule has 0 aliphatic carbocycles. The largest absolute Gasteiger partial charge is 0.493 e. The van der Waals surface area contributed by atoms with Crippen LogP contribution in [0.3, 0.4) is 0 Å². The molecule has 27 heavy (non-hydrogen) atoms. The number of carbonyl (C=O) groups excluding carboxylic acids is 3. The van der Waals surface area contributed by atoms with Crippen LogP contribution in [-0.2, 0) is 20.8 Å². The van der Waals surface area contributed by atoms with Crippen LogP contribution in [0.1, 0.15) is 24.8 Å². The second-order valence-electron chi connectivity index (χ2n) is 6.60. The Kier molecular flexibility index (Phi) is 5.53. The lowest BCUT2D eigenvalue weighted by molar-refractivity contribution is -0.151.